The van der Waals surface area contributed by atoms with Crippen molar-refractivity contribution in [1.29, 1.82) is 5.26 Å². The Hall–Kier alpha value is -2.08. The molecule has 0 unspecified atom stereocenters. The summed E-state index contributed by atoms with van der Waals surface area (Å²) in [4.78, 5) is 11.5. The van der Waals surface area contributed by atoms with Crippen molar-refractivity contribution in [3.05, 3.63) is 48.6 Å². The van der Waals surface area contributed by atoms with Gasteiger partial charge in [-0.2, -0.15) is 5.26 Å². The lowest BCUT2D eigenvalue weighted by molar-refractivity contribution is -0.121. The molecule has 0 heterocycles. The summed E-state index contributed by atoms with van der Waals surface area (Å²) < 4.78 is 0. The van der Waals surface area contributed by atoms with Gasteiger partial charge in [-0.05, 0) is 64.2 Å². The molecule has 148 valence electrons. The minimum absolute atomic E-state index is 0.211. The summed E-state index contributed by atoms with van der Waals surface area (Å²) in [5.74, 6) is 0.211. The van der Waals surface area contributed by atoms with E-state index in [0.717, 1.165) is 64.2 Å². The van der Waals surface area contributed by atoms with Gasteiger partial charge in [-0.1, -0.05) is 55.0 Å². The number of unbranched alkanes of at least 4 members (excludes halogenated alkanes) is 5. The van der Waals surface area contributed by atoms with Gasteiger partial charge in [0.05, 0.1) is 6.07 Å². The van der Waals surface area contributed by atoms with Crippen LogP contribution in [0.2, 0.25) is 0 Å². The number of allylic oxidation sites excluding steroid dienone is 8. The highest BCUT2D eigenvalue weighted by atomic mass is 16.1. The van der Waals surface area contributed by atoms with Crippen molar-refractivity contribution in [3.8, 4) is 6.07 Å². The lowest BCUT2D eigenvalue weighted by atomic mass is 10.1. The number of carbonyl (C=O) groups excluding carboxylic acids is 1. The number of nitrogens with one attached hydrogen (secondary N) is 1. The first-order valence-corrected chi connectivity index (χ1v) is 10.6. The summed E-state index contributed by atoms with van der Waals surface area (Å²) in [6, 6.07) is 2.66. The fraction of sp³-hybridized carbons (Fsp3) is 0.583. The minimum Gasteiger partial charge on any atom is -0.353 e. The van der Waals surface area contributed by atoms with Crippen LogP contribution in [0.1, 0.15) is 83.5 Å². The van der Waals surface area contributed by atoms with E-state index >= 15 is 0 Å². The lowest BCUT2D eigenvalue weighted by Crippen LogP contribution is -2.24. The first-order chi connectivity index (χ1) is 13.3. The molecule has 0 aromatic rings. The standard InChI is InChI=1S/C24H36N2O/c25-22-18-16-14-12-10-8-6-4-2-1-3-5-7-9-11-13-15-17-19-24(27)26-23-20-21-23/h1-2,5-8,11,13,23H,3-4,9-10,12,14-21H2,(H,26,27)/b2-1-,7-5-,8-6-,13-11-. The van der Waals surface area contributed by atoms with E-state index in [2.05, 4.69) is 60.0 Å². The highest BCUT2D eigenvalue weighted by Crippen LogP contribution is 2.18. The van der Waals surface area contributed by atoms with E-state index in [1.165, 1.54) is 6.42 Å². The zero-order chi connectivity index (χ0) is 19.4. The van der Waals surface area contributed by atoms with Crippen LogP contribution in [0.5, 0.6) is 0 Å². The first kappa shape index (κ1) is 23.0. The molecule has 0 aromatic carbocycles. The fourth-order valence-electron chi connectivity index (χ4n) is 2.60. The van der Waals surface area contributed by atoms with Gasteiger partial charge in [0, 0.05) is 18.9 Å². The molecular formula is C24H36N2O. The monoisotopic (exact) mass is 368 g/mol. The van der Waals surface area contributed by atoms with Crippen LogP contribution in [0.3, 0.4) is 0 Å². The van der Waals surface area contributed by atoms with Crippen molar-refractivity contribution >= 4 is 5.91 Å². The molecule has 0 saturated heterocycles. The Bertz CT molecular complexity index is 533. The Morgan fingerprint density at radius 2 is 1.37 bits per heavy atom. The molecule has 3 nitrogen and oxygen atoms in total. The van der Waals surface area contributed by atoms with Crippen LogP contribution in [0.25, 0.3) is 0 Å². The average Bonchev–Trinajstić information content (AvgIpc) is 3.47. The molecule has 0 spiro atoms. The topological polar surface area (TPSA) is 52.9 Å². The van der Waals surface area contributed by atoms with Crippen LogP contribution in [0.15, 0.2) is 48.6 Å². The Labute approximate surface area is 165 Å². The molecule has 1 saturated carbocycles. The summed E-state index contributed by atoms with van der Waals surface area (Å²) in [6.07, 6.45) is 30.6. The molecule has 1 amide bonds. The van der Waals surface area contributed by atoms with E-state index in [-0.39, 0.29) is 5.91 Å². The van der Waals surface area contributed by atoms with E-state index in [1.807, 2.05) is 0 Å². The maximum atomic E-state index is 11.5. The molecule has 1 aliphatic carbocycles. The summed E-state index contributed by atoms with van der Waals surface area (Å²) in [7, 11) is 0. The molecule has 0 aromatic heterocycles. The number of rotatable bonds is 16. The van der Waals surface area contributed by atoms with Gasteiger partial charge in [-0.25, -0.2) is 0 Å². The van der Waals surface area contributed by atoms with Gasteiger partial charge in [0.1, 0.15) is 0 Å². The zero-order valence-electron chi connectivity index (χ0n) is 16.7. The van der Waals surface area contributed by atoms with Crippen molar-refractivity contribution in [1.82, 2.24) is 5.32 Å². The number of hydrogen-bond acceptors (Lipinski definition) is 2. The Morgan fingerprint density at radius 3 is 1.93 bits per heavy atom. The molecule has 3 heteroatoms. The van der Waals surface area contributed by atoms with Gasteiger partial charge >= 0.3 is 0 Å². The maximum absolute atomic E-state index is 11.5. The molecule has 1 fully saturated rings. The third kappa shape index (κ3) is 17.1. The van der Waals surface area contributed by atoms with Crippen molar-refractivity contribution in [2.24, 2.45) is 0 Å². The van der Waals surface area contributed by atoms with Crippen LogP contribution in [-0.4, -0.2) is 11.9 Å². The van der Waals surface area contributed by atoms with Crippen molar-refractivity contribution in [2.75, 3.05) is 0 Å². The first-order valence-electron chi connectivity index (χ1n) is 10.6. The van der Waals surface area contributed by atoms with E-state index in [0.29, 0.717) is 18.9 Å². The second kappa shape index (κ2) is 17.3. The Morgan fingerprint density at radius 1 is 0.815 bits per heavy atom. The maximum Gasteiger partial charge on any atom is 0.220 e. The minimum atomic E-state index is 0.211. The summed E-state index contributed by atoms with van der Waals surface area (Å²) >= 11 is 0. The number of nitrogens with zero attached hydrogens (tertiary/aromatic N) is 1. The van der Waals surface area contributed by atoms with Crippen LogP contribution in [-0.2, 0) is 4.79 Å². The van der Waals surface area contributed by atoms with E-state index < -0.39 is 0 Å². The molecule has 0 aliphatic heterocycles. The molecular weight excluding hydrogens is 332 g/mol. The smallest absolute Gasteiger partial charge is 0.220 e. The predicted molar refractivity (Wildman–Crippen MR) is 114 cm³/mol. The van der Waals surface area contributed by atoms with Gasteiger partial charge in [0.25, 0.3) is 0 Å². The van der Waals surface area contributed by atoms with Crippen LogP contribution >= 0.6 is 0 Å². The molecule has 0 atom stereocenters. The molecule has 27 heavy (non-hydrogen) atoms. The summed E-state index contributed by atoms with van der Waals surface area (Å²) in [5.41, 5.74) is 0. The molecule has 1 rings (SSSR count). The average molecular weight is 369 g/mol. The SMILES string of the molecule is N#CCCCCC/C=C\C/C=C\C/C=C\C/C=C\CCCC(=O)NC1CC1. The molecule has 1 aliphatic rings. The second-order valence-corrected chi connectivity index (χ2v) is 7.08. The third-order valence-electron chi connectivity index (χ3n) is 4.36. The number of carbonyl (C=O) groups is 1. The van der Waals surface area contributed by atoms with Crippen LogP contribution in [0, 0.1) is 11.3 Å². The Balaban J connectivity index is 1.85. The van der Waals surface area contributed by atoms with Crippen molar-refractivity contribution in [3.63, 3.8) is 0 Å². The van der Waals surface area contributed by atoms with E-state index in [1.54, 1.807) is 0 Å². The van der Waals surface area contributed by atoms with E-state index in [9.17, 15) is 4.79 Å². The van der Waals surface area contributed by atoms with Crippen molar-refractivity contribution < 1.29 is 4.79 Å². The molecule has 0 bridgehead atoms. The normalized spacial score (nSPS) is 14.6. The van der Waals surface area contributed by atoms with Gasteiger partial charge in [0.2, 0.25) is 5.91 Å². The van der Waals surface area contributed by atoms with Gasteiger partial charge in [-0.3, -0.25) is 4.79 Å². The highest BCUT2D eigenvalue weighted by molar-refractivity contribution is 5.76. The summed E-state index contributed by atoms with van der Waals surface area (Å²) in [6.45, 7) is 0. The number of nitriles is 1. The van der Waals surface area contributed by atoms with Gasteiger partial charge < -0.3 is 5.32 Å². The van der Waals surface area contributed by atoms with Gasteiger partial charge in [-0.15, -0.1) is 0 Å². The van der Waals surface area contributed by atoms with Gasteiger partial charge in [0.15, 0.2) is 0 Å². The zero-order valence-corrected chi connectivity index (χ0v) is 16.7. The number of amides is 1. The van der Waals surface area contributed by atoms with Crippen LogP contribution < -0.4 is 5.32 Å². The van der Waals surface area contributed by atoms with Crippen molar-refractivity contribution in [2.45, 2.75) is 89.5 Å². The molecule has 1 N–H and O–H groups in total. The van der Waals surface area contributed by atoms with Crippen LogP contribution in [0.4, 0.5) is 0 Å². The molecule has 0 radical (unpaired) electrons. The number of hydrogen-bond donors (Lipinski definition) is 1. The lowest BCUT2D eigenvalue weighted by Gasteiger charge is -2.00. The second-order valence-electron chi connectivity index (χ2n) is 7.08. The predicted octanol–water partition coefficient (Wildman–Crippen LogP) is 6.30. The summed E-state index contributed by atoms with van der Waals surface area (Å²) in [5, 5.41) is 11.5. The fourth-order valence-corrected chi connectivity index (χ4v) is 2.60. The largest absolute Gasteiger partial charge is 0.353 e. The highest BCUT2D eigenvalue weighted by Gasteiger charge is 2.22. The third-order valence-corrected chi connectivity index (χ3v) is 4.36. The quantitative estimate of drug-likeness (QED) is 0.256. The van der Waals surface area contributed by atoms with E-state index in [4.69, 9.17) is 5.26 Å². The Kier molecular flexibility index (Phi) is 14.7.